The molecular weight excluding hydrogens is 883 g/mol. The van der Waals surface area contributed by atoms with Crippen molar-refractivity contribution in [2.45, 2.75) is 102 Å². The fourth-order valence-electron chi connectivity index (χ4n) is 7.46. The molecule has 0 spiro atoms. The number of carbonyl (C=O) groups is 7. The monoisotopic (exact) mass is 945 g/mol. The molecule has 1 heterocycles. The molecule has 0 aliphatic heterocycles. The third-order valence-corrected chi connectivity index (χ3v) is 11.2. The number of H-pyrrole nitrogens is 1. The minimum Gasteiger partial charge on any atom is -0.461 e. The number of hydrogen-bond donors (Lipinski definition) is 5. The van der Waals surface area contributed by atoms with E-state index in [1.165, 1.54) is 23.9 Å². The topological polar surface area (TPSA) is 232 Å². The highest BCUT2D eigenvalue weighted by atomic mass is 16.6. The maximum atomic E-state index is 14.9. The van der Waals surface area contributed by atoms with Crippen molar-refractivity contribution < 1.29 is 47.8 Å². The van der Waals surface area contributed by atoms with Crippen LogP contribution in [-0.4, -0.2) is 107 Å². The second-order valence-electron chi connectivity index (χ2n) is 17.7. The molecule has 1 aromatic heterocycles. The fraction of sp³-hybridized carbons (Fsp3) is 0.365. The molecule has 0 radical (unpaired) electrons. The molecule has 6 amide bonds. The maximum absolute atomic E-state index is 14.9. The fourth-order valence-corrected chi connectivity index (χ4v) is 7.46. The lowest BCUT2D eigenvalue weighted by molar-refractivity contribution is -0.148. The van der Waals surface area contributed by atoms with Crippen LogP contribution in [0.25, 0.3) is 10.9 Å². The molecule has 4 atom stereocenters. The number of nitrogens with two attached hydrogens (primary N) is 1. The van der Waals surface area contributed by atoms with Crippen molar-refractivity contribution in [2.24, 2.45) is 5.73 Å². The van der Waals surface area contributed by atoms with Crippen LogP contribution in [0, 0.1) is 0 Å². The minimum atomic E-state index is -1.60. The van der Waals surface area contributed by atoms with Gasteiger partial charge >= 0.3 is 18.2 Å². The summed E-state index contributed by atoms with van der Waals surface area (Å²) in [6.07, 6.45) is 0.385. The zero-order valence-electron chi connectivity index (χ0n) is 39.8. The van der Waals surface area contributed by atoms with Gasteiger partial charge in [0.25, 0.3) is 0 Å². The van der Waals surface area contributed by atoms with Crippen molar-refractivity contribution >= 4 is 52.7 Å². The summed E-state index contributed by atoms with van der Waals surface area (Å²) < 4.78 is 16.5. The smallest absolute Gasteiger partial charge is 0.410 e. The molecule has 0 bridgehead atoms. The summed E-state index contributed by atoms with van der Waals surface area (Å²) in [6.45, 7) is 5.24. The van der Waals surface area contributed by atoms with Crippen LogP contribution in [-0.2, 0) is 64.2 Å². The van der Waals surface area contributed by atoms with Crippen LogP contribution in [0.5, 0.6) is 0 Å². The van der Waals surface area contributed by atoms with E-state index in [0.29, 0.717) is 17.5 Å². The number of aromatic amines is 1. The largest absolute Gasteiger partial charge is 0.461 e. The molecule has 0 fully saturated rings. The number of ether oxygens (including phenoxy) is 3. The van der Waals surface area contributed by atoms with Crippen molar-refractivity contribution in [3.05, 3.63) is 144 Å². The van der Waals surface area contributed by atoms with Gasteiger partial charge in [0.2, 0.25) is 23.6 Å². The van der Waals surface area contributed by atoms with Crippen molar-refractivity contribution in [3.8, 4) is 0 Å². The number of aromatic nitrogens is 1. The lowest BCUT2D eigenvalue weighted by Crippen LogP contribution is -2.59. The Bertz CT molecular complexity index is 2490. The molecule has 5 aromatic rings. The average molecular weight is 946 g/mol. The van der Waals surface area contributed by atoms with E-state index in [0.717, 1.165) is 22.0 Å². The summed E-state index contributed by atoms with van der Waals surface area (Å²) in [5.41, 5.74) is 8.58. The van der Waals surface area contributed by atoms with Gasteiger partial charge in [-0.05, 0) is 68.4 Å². The number of fused-ring (bicyclic) bond motifs is 1. The lowest BCUT2D eigenvalue weighted by Gasteiger charge is -2.35. The van der Waals surface area contributed by atoms with E-state index in [9.17, 15) is 33.6 Å². The summed E-state index contributed by atoms with van der Waals surface area (Å²) in [7, 11) is 2.87. The average Bonchev–Trinajstić information content (AvgIpc) is 3.74. The Kier molecular flexibility index (Phi) is 19.3. The lowest BCUT2D eigenvalue weighted by atomic mass is 10.0. The molecule has 4 aromatic carbocycles. The second kappa shape index (κ2) is 25.4. The van der Waals surface area contributed by atoms with Crippen LogP contribution >= 0.6 is 0 Å². The predicted octanol–water partition coefficient (Wildman–Crippen LogP) is 5.70. The Morgan fingerprint density at radius 2 is 1.22 bits per heavy atom. The van der Waals surface area contributed by atoms with Gasteiger partial charge in [-0.15, -0.1) is 0 Å². The Balaban J connectivity index is 1.41. The van der Waals surface area contributed by atoms with E-state index >= 15 is 0 Å². The number of nitrogens with one attached hydrogen (secondary N) is 4. The number of hydrogen-bond acceptors (Lipinski definition) is 10. The number of likely N-dealkylation sites (N-methyl/N-ethyl adjacent to an activating group) is 2. The molecule has 17 nitrogen and oxygen atoms in total. The first-order valence-corrected chi connectivity index (χ1v) is 22.8. The zero-order valence-corrected chi connectivity index (χ0v) is 39.8. The number of benzene rings is 4. The van der Waals surface area contributed by atoms with Crippen LogP contribution in [0.4, 0.5) is 9.59 Å². The Morgan fingerprint density at radius 3 is 1.83 bits per heavy atom. The van der Waals surface area contributed by atoms with E-state index < -0.39 is 78.0 Å². The summed E-state index contributed by atoms with van der Waals surface area (Å²) in [4.78, 5) is 102. The van der Waals surface area contributed by atoms with Crippen molar-refractivity contribution in [1.29, 1.82) is 0 Å². The molecule has 0 aliphatic carbocycles. The molecule has 6 N–H and O–H groups in total. The summed E-state index contributed by atoms with van der Waals surface area (Å²) in [6, 6.07) is 29.1. The van der Waals surface area contributed by atoms with Gasteiger partial charge < -0.3 is 45.8 Å². The first-order chi connectivity index (χ1) is 33.0. The third kappa shape index (κ3) is 16.6. The molecule has 17 heteroatoms. The van der Waals surface area contributed by atoms with E-state index in [4.69, 9.17) is 19.9 Å². The van der Waals surface area contributed by atoms with Gasteiger partial charge in [-0.3, -0.25) is 28.9 Å². The Hall–Kier alpha value is -7.69. The number of nitrogens with zero attached hydrogens (tertiary/aromatic N) is 2. The van der Waals surface area contributed by atoms with Gasteiger partial charge in [-0.1, -0.05) is 109 Å². The van der Waals surface area contributed by atoms with Crippen LogP contribution in [0.2, 0.25) is 0 Å². The van der Waals surface area contributed by atoms with Gasteiger partial charge in [-0.25, -0.2) is 9.59 Å². The standard InChI is InChI=1S/C52H63N7O10/c1-52(2,3)69-51(66)59(5)44(30-38-32-55-40-26-16-15-25-39(38)40)49(64)58(4)43(27-17-18-28-54-50(65)68-34-37-23-13-8-14-24-37)48(63)57-42(31-45(60)67-33-36-21-11-7-12-22-36)47(62)56-41(46(53)61)29-35-19-9-6-10-20-35/h6-16,19-26,32,41-44,55H,17-18,27-31,33-34H2,1-5H3,(H2,53,61)(H,54,65)(H,56,62)(H,57,63)/t41-,42-,43-,44-/m0/s1. The number of esters is 1. The van der Waals surface area contributed by atoms with Gasteiger partial charge in [0.05, 0.1) is 6.42 Å². The van der Waals surface area contributed by atoms with E-state index in [1.54, 1.807) is 81.6 Å². The molecule has 69 heavy (non-hydrogen) atoms. The van der Waals surface area contributed by atoms with Crippen LogP contribution in [0.1, 0.15) is 68.7 Å². The van der Waals surface area contributed by atoms with Gasteiger partial charge in [-0.2, -0.15) is 0 Å². The highest BCUT2D eigenvalue weighted by Gasteiger charge is 2.38. The van der Waals surface area contributed by atoms with Crippen LogP contribution < -0.4 is 21.7 Å². The Labute approximate surface area is 402 Å². The predicted molar refractivity (Wildman–Crippen MR) is 259 cm³/mol. The van der Waals surface area contributed by atoms with E-state index in [1.807, 2.05) is 60.7 Å². The van der Waals surface area contributed by atoms with Crippen LogP contribution in [0.15, 0.2) is 121 Å². The van der Waals surface area contributed by atoms with Crippen molar-refractivity contribution in [3.63, 3.8) is 0 Å². The van der Waals surface area contributed by atoms with Gasteiger partial charge in [0.1, 0.15) is 43.0 Å². The third-order valence-electron chi connectivity index (χ3n) is 11.2. The summed E-state index contributed by atoms with van der Waals surface area (Å²) in [5.74, 6) is -4.02. The number of primary amides is 1. The quantitative estimate of drug-likeness (QED) is 0.0305. The maximum Gasteiger partial charge on any atom is 0.410 e. The van der Waals surface area contributed by atoms with Crippen molar-refractivity contribution in [2.75, 3.05) is 20.6 Å². The molecule has 0 saturated carbocycles. The number of rotatable bonds is 23. The summed E-state index contributed by atoms with van der Waals surface area (Å²) >= 11 is 0. The molecule has 0 unspecified atom stereocenters. The van der Waals surface area contributed by atoms with Gasteiger partial charge in [0, 0.05) is 50.6 Å². The highest BCUT2D eigenvalue weighted by Crippen LogP contribution is 2.23. The number of para-hydroxylation sites is 1. The summed E-state index contributed by atoms with van der Waals surface area (Å²) in [5, 5.41) is 8.81. The molecular formula is C52H63N7O10. The zero-order chi connectivity index (χ0) is 49.9. The minimum absolute atomic E-state index is 0.00941. The first kappa shape index (κ1) is 52.3. The van der Waals surface area contributed by atoms with Gasteiger partial charge in [0.15, 0.2) is 0 Å². The Morgan fingerprint density at radius 1 is 0.652 bits per heavy atom. The second-order valence-corrected chi connectivity index (χ2v) is 17.7. The number of amides is 6. The van der Waals surface area contributed by atoms with Crippen LogP contribution in [0.3, 0.4) is 0 Å². The SMILES string of the molecule is CN(C(=O)OC(C)(C)C)[C@@H](Cc1c[nH]c2ccccc12)C(=O)N(C)[C@@H](CCCCNC(=O)OCc1ccccc1)C(=O)N[C@@H](CC(=O)OCc1ccccc1)C(=O)N[C@@H](Cc1ccccc1)C(N)=O. The van der Waals surface area contributed by atoms with E-state index in [2.05, 4.69) is 20.9 Å². The highest BCUT2D eigenvalue weighted by molar-refractivity contribution is 5.97. The first-order valence-electron chi connectivity index (χ1n) is 22.8. The molecule has 366 valence electrons. The molecule has 5 rings (SSSR count). The normalized spacial score (nSPS) is 12.9. The number of unbranched alkanes of at least 4 members (excludes halogenated alkanes) is 1. The van der Waals surface area contributed by atoms with Crippen molar-refractivity contribution in [1.82, 2.24) is 30.7 Å². The number of carbonyl (C=O) groups excluding carboxylic acids is 7. The molecule has 0 aliphatic rings. The number of alkyl carbamates (subject to hydrolysis) is 1. The van der Waals surface area contributed by atoms with E-state index in [-0.39, 0.29) is 45.4 Å². The molecule has 0 saturated heterocycles.